The van der Waals surface area contributed by atoms with E-state index in [4.69, 9.17) is 0 Å². The van der Waals surface area contributed by atoms with Crippen LogP contribution in [0.2, 0.25) is 0 Å². The van der Waals surface area contributed by atoms with Gasteiger partial charge < -0.3 is 0 Å². The van der Waals surface area contributed by atoms with Crippen molar-refractivity contribution >= 4 is 0 Å². The Morgan fingerprint density at radius 1 is 1.45 bits per heavy atom. The standard InChI is InChI=1S/C10H19N/c1-4-10-7-5-6-8-11(10)9(2)3/h5-6,9-10H,4,7-8H2,1-3H3. The van der Waals surface area contributed by atoms with E-state index in [1.165, 1.54) is 12.8 Å². The maximum absolute atomic E-state index is 2.57. The normalized spacial score (nSPS) is 26.4. The molecule has 1 unspecified atom stereocenters. The van der Waals surface area contributed by atoms with Gasteiger partial charge in [0.05, 0.1) is 0 Å². The van der Waals surface area contributed by atoms with Gasteiger partial charge >= 0.3 is 0 Å². The average molecular weight is 153 g/mol. The Hall–Kier alpha value is -0.300. The molecule has 0 amide bonds. The lowest BCUT2D eigenvalue weighted by Crippen LogP contribution is -2.41. The van der Waals surface area contributed by atoms with Crippen molar-refractivity contribution in [1.82, 2.24) is 4.90 Å². The van der Waals surface area contributed by atoms with Gasteiger partial charge in [-0.05, 0) is 26.7 Å². The van der Waals surface area contributed by atoms with Crippen LogP contribution in [0.25, 0.3) is 0 Å². The van der Waals surface area contributed by atoms with Gasteiger partial charge in [0.1, 0.15) is 0 Å². The summed E-state index contributed by atoms with van der Waals surface area (Å²) in [4.78, 5) is 2.57. The molecule has 0 spiro atoms. The lowest BCUT2D eigenvalue weighted by atomic mass is 10.0. The summed E-state index contributed by atoms with van der Waals surface area (Å²) in [6.07, 6.45) is 7.12. The first kappa shape index (κ1) is 8.79. The van der Waals surface area contributed by atoms with Crippen LogP contribution >= 0.6 is 0 Å². The van der Waals surface area contributed by atoms with Crippen molar-refractivity contribution in [1.29, 1.82) is 0 Å². The molecule has 1 atom stereocenters. The third-order valence-corrected chi connectivity index (χ3v) is 2.49. The molecule has 0 saturated heterocycles. The van der Waals surface area contributed by atoms with E-state index in [0.29, 0.717) is 6.04 Å². The fourth-order valence-corrected chi connectivity index (χ4v) is 1.77. The van der Waals surface area contributed by atoms with Crippen molar-refractivity contribution in [2.24, 2.45) is 0 Å². The van der Waals surface area contributed by atoms with Crippen molar-refractivity contribution in [3.63, 3.8) is 0 Å². The topological polar surface area (TPSA) is 3.24 Å². The van der Waals surface area contributed by atoms with Crippen LogP contribution in [0.3, 0.4) is 0 Å². The maximum atomic E-state index is 2.57. The van der Waals surface area contributed by atoms with Crippen LogP contribution in [0.15, 0.2) is 12.2 Å². The SMILES string of the molecule is CCC1CC=CCN1C(C)C. The van der Waals surface area contributed by atoms with Crippen LogP contribution in [-0.2, 0) is 0 Å². The van der Waals surface area contributed by atoms with Gasteiger partial charge in [0, 0.05) is 18.6 Å². The van der Waals surface area contributed by atoms with Crippen LogP contribution in [0, 0.1) is 0 Å². The Morgan fingerprint density at radius 2 is 2.18 bits per heavy atom. The molecule has 0 fully saturated rings. The Labute approximate surface area is 70.1 Å². The maximum Gasteiger partial charge on any atom is 0.0168 e. The molecule has 1 aliphatic rings. The summed E-state index contributed by atoms with van der Waals surface area (Å²) < 4.78 is 0. The second-order valence-electron chi connectivity index (χ2n) is 3.56. The molecular formula is C10H19N. The van der Waals surface area contributed by atoms with Gasteiger partial charge in [-0.25, -0.2) is 0 Å². The molecule has 0 bridgehead atoms. The van der Waals surface area contributed by atoms with Crippen LogP contribution < -0.4 is 0 Å². The molecule has 1 rings (SSSR count). The highest BCUT2D eigenvalue weighted by molar-refractivity contribution is 4.96. The van der Waals surface area contributed by atoms with Gasteiger partial charge in [-0.3, -0.25) is 4.90 Å². The van der Waals surface area contributed by atoms with E-state index in [1.807, 2.05) is 0 Å². The van der Waals surface area contributed by atoms with E-state index in [2.05, 4.69) is 37.8 Å². The molecule has 0 N–H and O–H groups in total. The molecule has 0 aromatic carbocycles. The summed E-state index contributed by atoms with van der Waals surface area (Å²) in [6.45, 7) is 7.99. The molecule has 0 radical (unpaired) electrons. The van der Waals surface area contributed by atoms with Crippen molar-refractivity contribution in [2.45, 2.75) is 45.7 Å². The highest BCUT2D eigenvalue weighted by Gasteiger charge is 2.19. The fourth-order valence-electron chi connectivity index (χ4n) is 1.77. The zero-order valence-electron chi connectivity index (χ0n) is 7.88. The molecule has 1 nitrogen and oxygen atoms in total. The molecule has 1 aliphatic heterocycles. The summed E-state index contributed by atoms with van der Waals surface area (Å²) in [5.41, 5.74) is 0. The summed E-state index contributed by atoms with van der Waals surface area (Å²) in [5.74, 6) is 0. The van der Waals surface area contributed by atoms with Crippen molar-refractivity contribution in [3.8, 4) is 0 Å². The van der Waals surface area contributed by atoms with Crippen LogP contribution in [0.1, 0.15) is 33.6 Å². The van der Waals surface area contributed by atoms with Gasteiger partial charge in [-0.1, -0.05) is 19.1 Å². The molecule has 0 saturated carbocycles. The van der Waals surface area contributed by atoms with Gasteiger partial charge in [0.25, 0.3) is 0 Å². The first-order valence-electron chi connectivity index (χ1n) is 4.66. The minimum Gasteiger partial charge on any atom is -0.294 e. The van der Waals surface area contributed by atoms with Gasteiger partial charge in [0.15, 0.2) is 0 Å². The van der Waals surface area contributed by atoms with Crippen LogP contribution in [0.4, 0.5) is 0 Å². The molecule has 0 aromatic heterocycles. The van der Waals surface area contributed by atoms with E-state index in [1.54, 1.807) is 0 Å². The summed E-state index contributed by atoms with van der Waals surface area (Å²) in [7, 11) is 0. The lowest BCUT2D eigenvalue weighted by molar-refractivity contribution is 0.160. The smallest absolute Gasteiger partial charge is 0.0168 e. The molecule has 0 aliphatic carbocycles. The van der Waals surface area contributed by atoms with E-state index >= 15 is 0 Å². The van der Waals surface area contributed by atoms with E-state index < -0.39 is 0 Å². The van der Waals surface area contributed by atoms with Gasteiger partial charge in [-0.2, -0.15) is 0 Å². The predicted molar refractivity (Wildman–Crippen MR) is 49.7 cm³/mol. The quantitative estimate of drug-likeness (QED) is 0.551. The van der Waals surface area contributed by atoms with Gasteiger partial charge in [-0.15, -0.1) is 0 Å². The summed E-state index contributed by atoms with van der Waals surface area (Å²) in [6, 6.07) is 1.49. The van der Waals surface area contributed by atoms with E-state index in [9.17, 15) is 0 Å². The average Bonchev–Trinajstić information content (AvgIpc) is 2.04. The fraction of sp³-hybridized carbons (Fsp3) is 0.800. The predicted octanol–water partition coefficient (Wildman–Crippen LogP) is 2.44. The Bertz CT molecular complexity index is 138. The Balaban J connectivity index is 2.54. The van der Waals surface area contributed by atoms with E-state index in [-0.39, 0.29) is 0 Å². The Kier molecular flexibility index (Phi) is 3.13. The lowest BCUT2D eigenvalue weighted by Gasteiger charge is -2.35. The first-order chi connectivity index (χ1) is 5.25. The number of hydrogen-bond donors (Lipinski definition) is 0. The van der Waals surface area contributed by atoms with Gasteiger partial charge in [0.2, 0.25) is 0 Å². The largest absolute Gasteiger partial charge is 0.294 e. The number of rotatable bonds is 2. The second-order valence-corrected chi connectivity index (χ2v) is 3.56. The zero-order chi connectivity index (χ0) is 8.27. The second kappa shape index (κ2) is 3.91. The van der Waals surface area contributed by atoms with Crippen LogP contribution in [-0.4, -0.2) is 23.5 Å². The molecule has 1 heteroatoms. The first-order valence-corrected chi connectivity index (χ1v) is 4.66. The third kappa shape index (κ3) is 2.06. The number of hydrogen-bond acceptors (Lipinski definition) is 1. The molecule has 1 heterocycles. The molecular weight excluding hydrogens is 134 g/mol. The highest BCUT2D eigenvalue weighted by atomic mass is 15.2. The molecule has 64 valence electrons. The van der Waals surface area contributed by atoms with Crippen LogP contribution in [0.5, 0.6) is 0 Å². The highest BCUT2D eigenvalue weighted by Crippen LogP contribution is 2.16. The van der Waals surface area contributed by atoms with Crippen molar-refractivity contribution in [3.05, 3.63) is 12.2 Å². The zero-order valence-corrected chi connectivity index (χ0v) is 7.88. The molecule has 11 heavy (non-hydrogen) atoms. The minimum atomic E-state index is 0.699. The van der Waals surface area contributed by atoms with Crippen molar-refractivity contribution < 1.29 is 0 Å². The van der Waals surface area contributed by atoms with E-state index in [0.717, 1.165) is 12.6 Å². The third-order valence-electron chi connectivity index (χ3n) is 2.49. The summed E-state index contributed by atoms with van der Waals surface area (Å²) in [5, 5.41) is 0. The summed E-state index contributed by atoms with van der Waals surface area (Å²) >= 11 is 0. The minimum absolute atomic E-state index is 0.699. The molecule has 0 aromatic rings. The van der Waals surface area contributed by atoms with Crippen molar-refractivity contribution in [2.75, 3.05) is 6.54 Å². The number of nitrogens with zero attached hydrogens (tertiary/aromatic N) is 1. The monoisotopic (exact) mass is 153 g/mol. The Morgan fingerprint density at radius 3 is 2.64 bits per heavy atom.